The summed E-state index contributed by atoms with van der Waals surface area (Å²) in [6.45, 7) is 6.25. The Bertz CT molecular complexity index is 1520. The molecule has 1 aromatic heterocycles. The first-order chi connectivity index (χ1) is 21.4. The van der Waals surface area contributed by atoms with Crippen LogP contribution >= 0.6 is 0 Å². The summed E-state index contributed by atoms with van der Waals surface area (Å²) in [4.78, 5) is 32.0. The van der Waals surface area contributed by atoms with Gasteiger partial charge in [0.2, 0.25) is 0 Å². The number of benzene rings is 3. The van der Waals surface area contributed by atoms with Gasteiger partial charge in [-0.1, -0.05) is 42.5 Å². The number of urea groups is 1. The van der Waals surface area contributed by atoms with Crippen molar-refractivity contribution in [2.75, 3.05) is 30.8 Å². The summed E-state index contributed by atoms with van der Waals surface area (Å²) in [6, 6.07) is 22.3. The lowest BCUT2D eigenvalue weighted by molar-refractivity contribution is 0.0584. The Hall–Kier alpha value is -4.83. The lowest BCUT2D eigenvalue weighted by Gasteiger charge is -2.30. The third kappa shape index (κ3) is 8.61. The highest BCUT2D eigenvalue weighted by atomic mass is 16.6. The van der Waals surface area contributed by atoms with E-state index in [0.29, 0.717) is 35.5 Å². The first-order valence-electron chi connectivity index (χ1n) is 14.8. The SMILES string of the molecule is COc1cc(NC(=O)Nc2cccc(CNC(=O)OC(CN(CC3CC3)C(C)C)c3ccccc3)c2)ccc1-c1cnco1. The highest BCUT2D eigenvalue weighted by molar-refractivity contribution is 6.00. The molecule has 3 amide bonds. The molecular formula is C34H39N5O5. The number of carbonyl (C=O) groups excluding carboxylic acids is 2. The monoisotopic (exact) mass is 597 g/mol. The number of rotatable bonds is 13. The predicted octanol–water partition coefficient (Wildman–Crippen LogP) is 7.08. The van der Waals surface area contributed by atoms with E-state index in [9.17, 15) is 9.59 Å². The standard InChI is InChI=1S/C34H39N5O5/c1-23(2)39(20-24-12-13-24)21-32(26-9-5-4-6-10-26)44-34(41)36-18-25-8-7-11-27(16-25)37-33(40)38-28-14-15-29(30(17-28)42-3)31-19-35-22-43-31/h4-11,14-17,19,22-24,32H,12-13,18,20-21H2,1-3H3,(H,36,41)(H2,37,38,40). The van der Waals surface area contributed by atoms with Gasteiger partial charge < -0.3 is 29.8 Å². The fraction of sp³-hybridized carbons (Fsp3) is 0.324. The van der Waals surface area contributed by atoms with Crippen molar-refractivity contribution < 1.29 is 23.5 Å². The maximum atomic E-state index is 13.0. The summed E-state index contributed by atoms with van der Waals surface area (Å²) in [5.41, 5.74) is 3.62. The van der Waals surface area contributed by atoms with Crippen LogP contribution in [0, 0.1) is 5.92 Å². The molecule has 1 unspecified atom stereocenters. The van der Waals surface area contributed by atoms with E-state index in [1.54, 1.807) is 43.6 Å². The molecule has 3 N–H and O–H groups in total. The Morgan fingerprint density at radius 1 is 1.00 bits per heavy atom. The van der Waals surface area contributed by atoms with Crippen molar-refractivity contribution in [3.8, 4) is 17.1 Å². The van der Waals surface area contributed by atoms with E-state index in [1.165, 1.54) is 19.2 Å². The van der Waals surface area contributed by atoms with Gasteiger partial charge in [0.1, 0.15) is 11.9 Å². The first kappa shape index (κ1) is 30.6. The number of ether oxygens (including phenoxy) is 2. The van der Waals surface area contributed by atoms with Crippen molar-refractivity contribution in [1.29, 1.82) is 0 Å². The van der Waals surface area contributed by atoms with Crippen LogP contribution in [0.15, 0.2) is 89.8 Å². The molecule has 3 aromatic carbocycles. The second kappa shape index (κ2) is 14.6. The molecule has 0 bridgehead atoms. The molecule has 5 rings (SSSR count). The Kier molecular flexibility index (Phi) is 10.1. The molecule has 1 saturated carbocycles. The van der Waals surface area contributed by atoms with Crippen LogP contribution in [-0.2, 0) is 11.3 Å². The van der Waals surface area contributed by atoms with Crippen LogP contribution in [0.2, 0.25) is 0 Å². The van der Waals surface area contributed by atoms with Gasteiger partial charge in [0.05, 0.1) is 18.9 Å². The van der Waals surface area contributed by atoms with Crippen LogP contribution in [0.4, 0.5) is 21.0 Å². The molecule has 4 aromatic rings. The minimum atomic E-state index is -0.493. The summed E-state index contributed by atoms with van der Waals surface area (Å²) in [5, 5.41) is 8.52. The van der Waals surface area contributed by atoms with E-state index >= 15 is 0 Å². The van der Waals surface area contributed by atoms with Crippen molar-refractivity contribution in [1.82, 2.24) is 15.2 Å². The highest BCUT2D eigenvalue weighted by Gasteiger charge is 2.28. The van der Waals surface area contributed by atoms with Gasteiger partial charge in [-0.05, 0) is 68.0 Å². The lowest BCUT2D eigenvalue weighted by Crippen LogP contribution is -2.38. The Balaban J connectivity index is 1.16. The lowest BCUT2D eigenvalue weighted by atomic mass is 10.1. The Morgan fingerprint density at radius 3 is 2.45 bits per heavy atom. The summed E-state index contributed by atoms with van der Waals surface area (Å²) in [5.74, 6) is 1.83. The van der Waals surface area contributed by atoms with Crippen LogP contribution in [0.25, 0.3) is 11.3 Å². The van der Waals surface area contributed by atoms with E-state index in [0.717, 1.165) is 29.2 Å². The maximum absolute atomic E-state index is 13.0. The van der Waals surface area contributed by atoms with Crippen molar-refractivity contribution in [3.63, 3.8) is 0 Å². The normalized spacial score (nSPS) is 13.4. The molecule has 0 saturated heterocycles. The zero-order valence-electron chi connectivity index (χ0n) is 25.3. The van der Waals surface area contributed by atoms with Gasteiger partial charge in [-0.15, -0.1) is 0 Å². The van der Waals surface area contributed by atoms with E-state index in [-0.39, 0.29) is 6.54 Å². The van der Waals surface area contributed by atoms with Gasteiger partial charge >= 0.3 is 12.1 Å². The van der Waals surface area contributed by atoms with Gasteiger partial charge in [0.25, 0.3) is 0 Å². The number of amides is 3. The van der Waals surface area contributed by atoms with Crippen LogP contribution in [0.3, 0.4) is 0 Å². The Morgan fingerprint density at radius 2 is 1.77 bits per heavy atom. The molecule has 230 valence electrons. The molecule has 0 spiro atoms. The molecule has 0 aliphatic heterocycles. The van der Waals surface area contributed by atoms with E-state index < -0.39 is 18.2 Å². The number of hydrogen-bond acceptors (Lipinski definition) is 7. The minimum absolute atomic E-state index is 0.244. The topological polar surface area (TPSA) is 118 Å². The third-order valence-electron chi connectivity index (χ3n) is 7.52. The van der Waals surface area contributed by atoms with Crippen LogP contribution in [-0.4, -0.2) is 48.2 Å². The summed E-state index contributed by atoms with van der Waals surface area (Å²) >= 11 is 0. The molecular weight excluding hydrogens is 558 g/mol. The number of carbonyl (C=O) groups is 2. The van der Waals surface area contributed by atoms with E-state index in [2.05, 4.69) is 39.7 Å². The molecule has 10 heteroatoms. The minimum Gasteiger partial charge on any atom is -0.496 e. The average Bonchev–Trinajstić information content (AvgIpc) is 3.68. The maximum Gasteiger partial charge on any atom is 0.408 e. The molecule has 10 nitrogen and oxygen atoms in total. The second-order valence-electron chi connectivity index (χ2n) is 11.2. The number of anilines is 2. The fourth-order valence-electron chi connectivity index (χ4n) is 4.94. The van der Waals surface area contributed by atoms with Crippen molar-refractivity contribution in [3.05, 3.63) is 96.5 Å². The molecule has 1 aliphatic rings. The quantitative estimate of drug-likeness (QED) is 0.151. The molecule has 0 radical (unpaired) electrons. The molecule has 1 atom stereocenters. The van der Waals surface area contributed by atoms with Crippen molar-refractivity contribution in [2.45, 2.75) is 45.4 Å². The fourth-order valence-corrected chi connectivity index (χ4v) is 4.94. The number of aromatic nitrogens is 1. The molecule has 1 heterocycles. The van der Waals surface area contributed by atoms with Crippen LogP contribution in [0.5, 0.6) is 5.75 Å². The van der Waals surface area contributed by atoms with E-state index in [4.69, 9.17) is 13.9 Å². The zero-order valence-corrected chi connectivity index (χ0v) is 25.3. The highest BCUT2D eigenvalue weighted by Crippen LogP contribution is 2.33. The predicted molar refractivity (Wildman–Crippen MR) is 170 cm³/mol. The number of oxazole rings is 1. The second-order valence-corrected chi connectivity index (χ2v) is 11.2. The number of methoxy groups -OCH3 is 1. The number of nitrogens with one attached hydrogen (secondary N) is 3. The average molecular weight is 598 g/mol. The van der Waals surface area contributed by atoms with Gasteiger partial charge in [0.15, 0.2) is 12.2 Å². The first-order valence-corrected chi connectivity index (χ1v) is 14.8. The van der Waals surface area contributed by atoms with Gasteiger partial charge in [-0.3, -0.25) is 4.90 Å². The zero-order chi connectivity index (χ0) is 30.9. The Labute approximate surface area is 257 Å². The molecule has 1 fully saturated rings. The van der Waals surface area contributed by atoms with Gasteiger partial charge in [-0.2, -0.15) is 0 Å². The van der Waals surface area contributed by atoms with Gasteiger partial charge in [0, 0.05) is 43.1 Å². The largest absolute Gasteiger partial charge is 0.496 e. The number of alkyl carbamates (subject to hydrolysis) is 1. The molecule has 44 heavy (non-hydrogen) atoms. The summed E-state index contributed by atoms with van der Waals surface area (Å²) in [7, 11) is 1.55. The summed E-state index contributed by atoms with van der Waals surface area (Å²) in [6.07, 6.45) is 4.59. The molecule has 1 aliphatic carbocycles. The number of hydrogen-bond donors (Lipinski definition) is 3. The number of nitrogens with zero attached hydrogens (tertiary/aromatic N) is 2. The van der Waals surface area contributed by atoms with Crippen LogP contribution < -0.4 is 20.7 Å². The van der Waals surface area contributed by atoms with Crippen LogP contribution in [0.1, 0.15) is 43.9 Å². The summed E-state index contributed by atoms with van der Waals surface area (Å²) < 4.78 is 16.8. The van der Waals surface area contributed by atoms with Crippen molar-refractivity contribution in [2.24, 2.45) is 5.92 Å². The van der Waals surface area contributed by atoms with Crippen molar-refractivity contribution >= 4 is 23.5 Å². The van der Waals surface area contributed by atoms with Gasteiger partial charge in [-0.25, -0.2) is 14.6 Å². The smallest absolute Gasteiger partial charge is 0.408 e. The van der Waals surface area contributed by atoms with E-state index in [1.807, 2.05) is 42.5 Å². The third-order valence-corrected chi connectivity index (χ3v) is 7.52.